The van der Waals surface area contributed by atoms with Crippen LogP contribution in [-0.2, 0) is 10.7 Å². The van der Waals surface area contributed by atoms with Crippen molar-refractivity contribution in [1.29, 1.82) is 0 Å². The fourth-order valence-electron chi connectivity index (χ4n) is 1.94. The molecule has 16 heavy (non-hydrogen) atoms. The Balaban J connectivity index is 2.98. The summed E-state index contributed by atoms with van der Waals surface area (Å²) in [6, 6.07) is 7.72. The first kappa shape index (κ1) is 13.3. The van der Waals surface area contributed by atoms with Crippen molar-refractivity contribution in [3.05, 3.63) is 29.8 Å². The standard InChI is InChI=1S/C13H22NOP/c1-10(2)16(15,11(3)4)9-12-6-5-7-13(14)8-12/h5-8,10-11H,9,14H2,1-4H3. The fourth-order valence-corrected chi connectivity index (χ4v) is 4.63. The van der Waals surface area contributed by atoms with E-state index < -0.39 is 7.14 Å². The first-order chi connectivity index (χ1) is 7.36. The van der Waals surface area contributed by atoms with Gasteiger partial charge in [-0.1, -0.05) is 39.8 Å². The third-order valence-electron chi connectivity index (χ3n) is 3.13. The Bertz CT molecular complexity index is 387. The van der Waals surface area contributed by atoms with Gasteiger partial charge in [-0.3, -0.25) is 0 Å². The third-order valence-corrected chi connectivity index (χ3v) is 7.48. The van der Waals surface area contributed by atoms with Gasteiger partial charge in [0.05, 0.1) is 7.14 Å². The van der Waals surface area contributed by atoms with Crippen molar-refractivity contribution in [3.8, 4) is 0 Å². The number of hydrogen-bond acceptors (Lipinski definition) is 2. The summed E-state index contributed by atoms with van der Waals surface area (Å²) in [7, 11) is -2.16. The van der Waals surface area contributed by atoms with E-state index in [-0.39, 0.29) is 11.3 Å². The van der Waals surface area contributed by atoms with Crippen molar-refractivity contribution < 1.29 is 4.57 Å². The lowest BCUT2D eigenvalue weighted by molar-refractivity contribution is 0.560. The molecule has 0 radical (unpaired) electrons. The predicted octanol–water partition coefficient (Wildman–Crippen LogP) is 3.95. The van der Waals surface area contributed by atoms with Crippen LogP contribution in [-0.4, -0.2) is 11.3 Å². The van der Waals surface area contributed by atoms with Crippen molar-refractivity contribution in [1.82, 2.24) is 0 Å². The maximum Gasteiger partial charge on any atom is 0.0966 e. The van der Waals surface area contributed by atoms with Crippen molar-refractivity contribution in [2.75, 3.05) is 5.73 Å². The molecule has 2 nitrogen and oxygen atoms in total. The summed E-state index contributed by atoms with van der Waals surface area (Å²) in [5, 5.41) is 0. The lowest BCUT2D eigenvalue weighted by atomic mass is 10.2. The van der Waals surface area contributed by atoms with Gasteiger partial charge in [-0.2, -0.15) is 0 Å². The molecule has 2 N–H and O–H groups in total. The largest absolute Gasteiger partial charge is 0.399 e. The van der Waals surface area contributed by atoms with Gasteiger partial charge in [0.25, 0.3) is 0 Å². The molecule has 0 aliphatic carbocycles. The maximum absolute atomic E-state index is 12.9. The van der Waals surface area contributed by atoms with Gasteiger partial charge in [0.2, 0.25) is 0 Å². The molecule has 1 rings (SSSR count). The van der Waals surface area contributed by atoms with Crippen LogP contribution >= 0.6 is 7.14 Å². The van der Waals surface area contributed by atoms with Gasteiger partial charge in [0.15, 0.2) is 0 Å². The van der Waals surface area contributed by atoms with Crippen LogP contribution < -0.4 is 5.73 Å². The molecule has 0 atom stereocenters. The molecule has 0 aromatic heterocycles. The molecule has 0 bridgehead atoms. The zero-order chi connectivity index (χ0) is 12.3. The Kier molecular flexibility index (Phi) is 4.21. The molecule has 0 aliphatic rings. The van der Waals surface area contributed by atoms with E-state index in [9.17, 15) is 4.57 Å². The van der Waals surface area contributed by atoms with Crippen molar-refractivity contribution in [2.45, 2.75) is 45.2 Å². The van der Waals surface area contributed by atoms with Gasteiger partial charge in [-0.15, -0.1) is 0 Å². The third kappa shape index (κ3) is 2.89. The van der Waals surface area contributed by atoms with E-state index in [1.54, 1.807) is 0 Å². The minimum Gasteiger partial charge on any atom is -0.399 e. The number of nitrogens with two attached hydrogens (primary N) is 1. The van der Waals surface area contributed by atoms with Gasteiger partial charge in [0.1, 0.15) is 0 Å². The van der Waals surface area contributed by atoms with E-state index in [4.69, 9.17) is 5.73 Å². The zero-order valence-electron chi connectivity index (χ0n) is 10.6. The first-order valence-corrected chi connectivity index (χ1v) is 7.82. The summed E-state index contributed by atoms with van der Waals surface area (Å²) in [5.74, 6) is 0. The summed E-state index contributed by atoms with van der Waals surface area (Å²) in [6.07, 6.45) is 0.660. The Labute approximate surface area is 98.6 Å². The second kappa shape index (κ2) is 5.05. The SMILES string of the molecule is CC(C)P(=O)(Cc1cccc(N)c1)C(C)C. The van der Waals surface area contributed by atoms with E-state index in [0.717, 1.165) is 11.3 Å². The molecule has 3 heteroatoms. The normalized spacial score (nSPS) is 12.4. The smallest absolute Gasteiger partial charge is 0.0966 e. The van der Waals surface area contributed by atoms with Crippen LogP contribution in [0.3, 0.4) is 0 Å². The summed E-state index contributed by atoms with van der Waals surface area (Å²) in [5.41, 5.74) is 8.04. The minimum absolute atomic E-state index is 0.230. The molecule has 0 saturated carbocycles. The molecule has 1 aromatic carbocycles. The Hall–Kier alpha value is -0.750. The molecule has 0 spiro atoms. The van der Waals surface area contributed by atoms with E-state index >= 15 is 0 Å². The molecule has 0 unspecified atom stereocenters. The highest BCUT2D eigenvalue weighted by Gasteiger charge is 2.30. The zero-order valence-corrected chi connectivity index (χ0v) is 11.5. The predicted molar refractivity (Wildman–Crippen MR) is 72.4 cm³/mol. The molecule has 90 valence electrons. The topological polar surface area (TPSA) is 43.1 Å². The average molecular weight is 239 g/mol. The van der Waals surface area contributed by atoms with Gasteiger partial charge in [0, 0.05) is 23.2 Å². The van der Waals surface area contributed by atoms with Crippen molar-refractivity contribution >= 4 is 12.8 Å². The molecule has 0 heterocycles. The number of hydrogen-bond donors (Lipinski definition) is 1. The minimum atomic E-state index is -2.16. The lowest BCUT2D eigenvalue weighted by Gasteiger charge is -2.26. The van der Waals surface area contributed by atoms with Gasteiger partial charge in [-0.25, -0.2) is 0 Å². The van der Waals surface area contributed by atoms with Gasteiger partial charge >= 0.3 is 0 Å². The quantitative estimate of drug-likeness (QED) is 0.638. The monoisotopic (exact) mass is 239 g/mol. The molecular weight excluding hydrogens is 217 g/mol. The first-order valence-electron chi connectivity index (χ1n) is 5.79. The van der Waals surface area contributed by atoms with Crippen molar-refractivity contribution in [2.24, 2.45) is 0 Å². The van der Waals surface area contributed by atoms with Gasteiger partial charge < -0.3 is 10.3 Å². The number of anilines is 1. The van der Waals surface area contributed by atoms with E-state index in [2.05, 4.69) is 0 Å². The second-order valence-corrected chi connectivity index (χ2v) is 9.03. The van der Waals surface area contributed by atoms with E-state index in [0.29, 0.717) is 6.16 Å². The average Bonchev–Trinajstić information content (AvgIpc) is 2.16. The number of nitrogen functional groups attached to an aromatic ring is 1. The molecule has 0 fully saturated rings. The molecule has 0 saturated heterocycles. The molecule has 1 aromatic rings. The maximum atomic E-state index is 12.9. The number of rotatable bonds is 4. The van der Waals surface area contributed by atoms with Crippen LogP contribution in [0.5, 0.6) is 0 Å². The second-order valence-electron chi connectivity index (χ2n) is 4.94. The van der Waals surface area contributed by atoms with Crippen LogP contribution in [0.1, 0.15) is 33.3 Å². The van der Waals surface area contributed by atoms with E-state index in [1.807, 2.05) is 52.0 Å². The van der Waals surface area contributed by atoms with Gasteiger partial charge in [-0.05, 0) is 17.7 Å². The fraction of sp³-hybridized carbons (Fsp3) is 0.538. The van der Waals surface area contributed by atoms with Crippen LogP contribution in [0.2, 0.25) is 0 Å². The summed E-state index contributed by atoms with van der Waals surface area (Å²) >= 11 is 0. The summed E-state index contributed by atoms with van der Waals surface area (Å²) in [6.45, 7) is 8.19. The lowest BCUT2D eigenvalue weighted by Crippen LogP contribution is -2.10. The molecule has 0 aliphatic heterocycles. The highest BCUT2D eigenvalue weighted by Crippen LogP contribution is 2.57. The van der Waals surface area contributed by atoms with Crippen LogP contribution in [0.4, 0.5) is 5.69 Å². The van der Waals surface area contributed by atoms with Crippen LogP contribution in [0.15, 0.2) is 24.3 Å². The molecule has 0 amide bonds. The Morgan fingerprint density at radius 2 is 1.75 bits per heavy atom. The number of benzene rings is 1. The highest BCUT2D eigenvalue weighted by molar-refractivity contribution is 7.64. The van der Waals surface area contributed by atoms with Crippen molar-refractivity contribution in [3.63, 3.8) is 0 Å². The Morgan fingerprint density at radius 3 is 2.19 bits per heavy atom. The summed E-state index contributed by atoms with van der Waals surface area (Å²) < 4.78 is 12.9. The summed E-state index contributed by atoms with van der Waals surface area (Å²) in [4.78, 5) is 0. The molecular formula is C13H22NOP. The van der Waals surface area contributed by atoms with Crippen LogP contribution in [0.25, 0.3) is 0 Å². The van der Waals surface area contributed by atoms with E-state index in [1.165, 1.54) is 0 Å². The Morgan fingerprint density at radius 1 is 1.19 bits per heavy atom. The van der Waals surface area contributed by atoms with Crippen LogP contribution in [0, 0.1) is 0 Å². The highest BCUT2D eigenvalue weighted by atomic mass is 31.2.